The van der Waals surface area contributed by atoms with Crippen LogP contribution in [0.3, 0.4) is 0 Å². The van der Waals surface area contributed by atoms with E-state index in [-0.39, 0.29) is 5.75 Å². The van der Waals surface area contributed by atoms with Gasteiger partial charge >= 0.3 is 0 Å². The van der Waals surface area contributed by atoms with E-state index in [1.807, 2.05) is 85.8 Å². The Balaban J connectivity index is 1.56. The highest BCUT2D eigenvalue weighted by Gasteiger charge is 2.05. The molecule has 0 radical (unpaired) electrons. The molecule has 0 saturated heterocycles. The summed E-state index contributed by atoms with van der Waals surface area (Å²) < 4.78 is 0. The van der Waals surface area contributed by atoms with E-state index in [0.29, 0.717) is 11.4 Å². The van der Waals surface area contributed by atoms with Crippen molar-refractivity contribution >= 4 is 33.5 Å². The Bertz CT molecular complexity index is 1180. The zero-order valence-electron chi connectivity index (χ0n) is 15.3. The number of aromatic hydroxyl groups is 1. The van der Waals surface area contributed by atoms with Gasteiger partial charge in [0, 0.05) is 5.39 Å². The summed E-state index contributed by atoms with van der Waals surface area (Å²) in [5.74, 6) is 0.103. The molecular weight excluding hydrogens is 348 g/mol. The number of rotatable bonds is 4. The van der Waals surface area contributed by atoms with E-state index in [1.54, 1.807) is 6.07 Å². The van der Waals surface area contributed by atoms with Gasteiger partial charge in [-0.2, -0.15) is 15.3 Å². The van der Waals surface area contributed by atoms with Crippen molar-refractivity contribution < 1.29 is 5.11 Å². The van der Waals surface area contributed by atoms with Gasteiger partial charge in [0.05, 0.1) is 17.1 Å². The molecule has 5 heteroatoms. The van der Waals surface area contributed by atoms with Crippen molar-refractivity contribution in [3.63, 3.8) is 0 Å². The highest BCUT2D eigenvalue weighted by atomic mass is 16.3. The van der Waals surface area contributed by atoms with Gasteiger partial charge in [-0.05, 0) is 54.3 Å². The average molecular weight is 366 g/mol. The van der Waals surface area contributed by atoms with Crippen LogP contribution in [0.5, 0.6) is 5.75 Å². The zero-order chi connectivity index (χ0) is 19.3. The first-order valence-corrected chi connectivity index (χ1v) is 8.90. The minimum atomic E-state index is 0.103. The molecule has 0 aromatic heterocycles. The van der Waals surface area contributed by atoms with E-state index in [1.165, 1.54) is 0 Å². The van der Waals surface area contributed by atoms with Crippen LogP contribution in [0, 0.1) is 6.92 Å². The maximum Gasteiger partial charge on any atom is 0.143 e. The quantitative estimate of drug-likeness (QED) is 0.370. The second-order valence-electron chi connectivity index (χ2n) is 6.36. The molecule has 0 unspecified atom stereocenters. The topological polar surface area (TPSA) is 69.7 Å². The number of hydrogen-bond acceptors (Lipinski definition) is 5. The highest BCUT2D eigenvalue weighted by molar-refractivity contribution is 5.95. The molecule has 4 rings (SSSR count). The van der Waals surface area contributed by atoms with E-state index < -0.39 is 0 Å². The number of phenols is 1. The van der Waals surface area contributed by atoms with Crippen molar-refractivity contribution in [2.24, 2.45) is 20.5 Å². The van der Waals surface area contributed by atoms with E-state index in [0.717, 1.165) is 27.7 Å². The predicted octanol–water partition coefficient (Wildman–Crippen LogP) is 7.68. The molecule has 0 fully saturated rings. The Morgan fingerprint density at radius 1 is 0.607 bits per heavy atom. The molecule has 0 aliphatic carbocycles. The standard InChI is InChI=1S/C23H18N4O/c1-16-6-2-5-9-21(16)26-24-18-11-13-19(14-12-18)25-27-23-20-8-4-3-7-17(20)10-15-22(23)28/h2-15,28H,1H3/b26-24+,27-25+. The number of fused-ring (bicyclic) bond motifs is 1. The summed E-state index contributed by atoms with van der Waals surface area (Å²) in [6, 6.07) is 26.4. The van der Waals surface area contributed by atoms with E-state index in [4.69, 9.17) is 0 Å². The Labute approximate surface area is 162 Å². The third-order valence-corrected chi connectivity index (χ3v) is 4.38. The second kappa shape index (κ2) is 7.80. The van der Waals surface area contributed by atoms with Gasteiger partial charge in [-0.15, -0.1) is 5.11 Å². The minimum absolute atomic E-state index is 0.103. The van der Waals surface area contributed by atoms with Crippen molar-refractivity contribution in [2.45, 2.75) is 6.92 Å². The van der Waals surface area contributed by atoms with Crippen LogP contribution in [-0.2, 0) is 0 Å². The van der Waals surface area contributed by atoms with Crippen LogP contribution in [0.4, 0.5) is 22.7 Å². The largest absolute Gasteiger partial charge is 0.506 e. The smallest absolute Gasteiger partial charge is 0.143 e. The summed E-state index contributed by atoms with van der Waals surface area (Å²) in [6.07, 6.45) is 0. The SMILES string of the molecule is Cc1ccccc1/N=N/c1ccc(/N=N/c2c(O)ccc3ccccc23)cc1. The number of nitrogens with zero attached hydrogens (tertiary/aromatic N) is 4. The van der Waals surface area contributed by atoms with Crippen molar-refractivity contribution in [1.82, 2.24) is 0 Å². The fraction of sp³-hybridized carbons (Fsp3) is 0.0435. The summed E-state index contributed by atoms with van der Waals surface area (Å²) >= 11 is 0. The molecule has 136 valence electrons. The lowest BCUT2D eigenvalue weighted by Crippen LogP contribution is -1.74. The van der Waals surface area contributed by atoms with Gasteiger partial charge < -0.3 is 5.11 Å². The molecule has 0 saturated carbocycles. The Kier molecular flexibility index (Phi) is 4.89. The first-order valence-electron chi connectivity index (χ1n) is 8.90. The maximum atomic E-state index is 10.2. The average Bonchev–Trinajstić information content (AvgIpc) is 2.73. The number of azo groups is 2. The first kappa shape index (κ1) is 17.5. The van der Waals surface area contributed by atoms with Gasteiger partial charge in [-0.1, -0.05) is 48.5 Å². The summed E-state index contributed by atoms with van der Waals surface area (Å²) in [4.78, 5) is 0. The number of hydrogen-bond donors (Lipinski definition) is 1. The normalized spacial score (nSPS) is 11.6. The van der Waals surface area contributed by atoms with E-state index in [2.05, 4.69) is 20.5 Å². The fourth-order valence-corrected chi connectivity index (χ4v) is 2.83. The van der Waals surface area contributed by atoms with Crippen LogP contribution in [0.2, 0.25) is 0 Å². The monoisotopic (exact) mass is 366 g/mol. The molecule has 5 nitrogen and oxygen atoms in total. The number of benzene rings is 4. The van der Waals surface area contributed by atoms with Gasteiger partial charge in [-0.25, -0.2) is 0 Å². The van der Waals surface area contributed by atoms with Crippen LogP contribution in [-0.4, -0.2) is 5.11 Å². The summed E-state index contributed by atoms with van der Waals surface area (Å²) in [5, 5.41) is 29.1. The third kappa shape index (κ3) is 3.78. The van der Waals surface area contributed by atoms with Crippen LogP contribution in [0.15, 0.2) is 105 Å². The molecule has 0 aliphatic heterocycles. The van der Waals surface area contributed by atoms with Gasteiger partial charge in [-0.3, -0.25) is 0 Å². The molecule has 4 aromatic carbocycles. The van der Waals surface area contributed by atoms with E-state index in [9.17, 15) is 5.11 Å². The minimum Gasteiger partial charge on any atom is -0.506 e. The van der Waals surface area contributed by atoms with Crippen LogP contribution >= 0.6 is 0 Å². The third-order valence-electron chi connectivity index (χ3n) is 4.38. The van der Waals surface area contributed by atoms with Gasteiger partial charge in [0.15, 0.2) is 0 Å². The molecular formula is C23H18N4O. The lowest BCUT2D eigenvalue weighted by Gasteiger charge is -2.03. The van der Waals surface area contributed by atoms with Gasteiger partial charge in [0.25, 0.3) is 0 Å². The van der Waals surface area contributed by atoms with Gasteiger partial charge in [0.2, 0.25) is 0 Å². The summed E-state index contributed by atoms with van der Waals surface area (Å²) in [5.41, 5.74) is 3.78. The van der Waals surface area contributed by atoms with Crippen LogP contribution in [0.1, 0.15) is 5.56 Å². The van der Waals surface area contributed by atoms with Crippen molar-refractivity contribution in [3.05, 3.63) is 90.5 Å². The molecule has 1 N–H and O–H groups in total. The predicted molar refractivity (Wildman–Crippen MR) is 112 cm³/mol. The molecule has 0 bridgehead atoms. The molecule has 0 atom stereocenters. The van der Waals surface area contributed by atoms with Crippen molar-refractivity contribution in [1.29, 1.82) is 0 Å². The van der Waals surface area contributed by atoms with Crippen LogP contribution < -0.4 is 0 Å². The first-order chi connectivity index (χ1) is 13.7. The number of aryl methyl sites for hydroxylation is 1. The van der Waals surface area contributed by atoms with E-state index >= 15 is 0 Å². The Morgan fingerprint density at radius 3 is 2.00 bits per heavy atom. The van der Waals surface area contributed by atoms with Crippen molar-refractivity contribution in [3.8, 4) is 5.75 Å². The lowest BCUT2D eigenvalue weighted by atomic mass is 10.1. The molecule has 0 heterocycles. The zero-order valence-corrected chi connectivity index (χ0v) is 15.3. The van der Waals surface area contributed by atoms with Crippen molar-refractivity contribution in [2.75, 3.05) is 0 Å². The summed E-state index contributed by atoms with van der Waals surface area (Å²) in [7, 11) is 0. The van der Waals surface area contributed by atoms with Gasteiger partial charge in [0.1, 0.15) is 11.4 Å². The maximum absolute atomic E-state index is 10.2. The molecule has 0 spiro atoms. The molecule has 0 aliphatic rings. The lowest BCUT2D eigenvalue weighted by molar-refractivity contribution is 0.477. The fourth-order valence-electron chi connectivity index (χ4n) is 2.83. The highest BCUT2D eigenvalue weighted by Crippen LogP contribution is 2.36. The van der Waals surface area contributed by atoms with Crippen LogP contribution in [0.25, 0.3) is 10.8 Å². The molecule has 4 aromatic rings. The summed E-state index contributed by atoms with van der Waals surface area (Å²) in [6.45, 7) is 2.00. The Hall–Kier alpha value is -3.86. The Morgan fingerprint density at radius 2 is 1.25 bits per heavy atom. The second-order valence-corrected chi connectivity index (χ2v) is 6.36. The molecule has 0 amide bonds. The molecule has 28 heavy (non-hydrogen) atoms. The number of phenolic OH excluding ortho intramolecular Hbond substituents is 1.